The summed E-state index contributed by atoms with van der Waals surface area (Å²) in [5.74, 6) is -1.21. The normalized spacial score (nSPS) is 19.7. The van der Waals surface area contributed by atoms with E-state index in [0.717, 1.165) is 22.3 Å². The van der Waals surface area contributed by atoms with Gasteiger partial charge >= 0.3 is 12.1 Å². The van der Waals surface area contributed by atoms with E-state index in [1.165, 1.54) is 11.8 Å². The highest BCUT2D eigenvalue weighted by Gasteiger charge is 2.45. The van der Waals surface area contributed by atoms with Crippen LogP contribution in [0.15, 0.2) is 48.5 Å². The Bertz CT molecular complexity index is 1020. The first-order valence-corrected chi connectivity index (χ1v) is 12.6. The van der Waals surface area contributed by atoms with Crippen molar-refractivity contribution in [1.29, 1.82) is 0 Å². The molecule has 2 aromatic rings. The number of carbonyl (C=O) groups is 3. The lowest BCUT2D eigenvalue weighted by molar-refractivity contribution is -0.143. The molecule has 1 saturated heterocycles. The molecule has 0 aromatic heterocycles. The molecule has 0 radical (unpaired) electrons. The third kappa shape index (κ3) is 4.90. The van der Waals surface area contributed by atoms with E-state index in [-0.39, 0.29) is 38.6 Å². The first kappa shape index (κ1) is 24.1. The van der Waals surface area contributed by atoms with Crippen molar-refractivity contribution in [2.45, 2.75) is 30.3 Å². The van der Waals surface area contributed by atoms with Crippen LogP contribution in [0.1, 0.15) is 29.9 Å². The summed E-state index contributed by atoms with van der Waals surface area (Å²) in [7, 11) is 0. The first-order valence-electron chi connectivity index (χ1n) is 11.2. The molecule has 2 atom stereocenters. The Morgan fingerprint density at radius 2 is 1.79 bits per heavy atom. The van der Waals surface area contributed by atoms with Crippen LogP contribution in [0.5, 0.6) is 0 Å². The molecule has 0 saturated carbocycles. The maximum absolute atomic E-state index is 13.0. The number of thioether (sulfide) groups is 1. The molecule has 8 nitrogen and oxygen atoms in total. The number of amides is 2. The van der Waals surface area contributed by atoms with Gasteiger partial charge in [0.25, 0.3) is 0 Å². The minimum atomic E-state index is -1.37. The smallest absolute Gasteiger partial charge is 0.408 e. The minimum Gasteiger partial charge on any atom is -0.480 e. The van der Waals surface area contributed by atoms with Crippen LogP contribution < -0.4 is 10.6 Å². The summed E-state index contributed by atoms with van der Waals surface area (Å²) in [5.41, 5.74) is 3.06. The molecule has 9 heteroatoms. The molecule has 2 aromatic carbocycles. The van der Waals surface area contributed by atoms with Crippen molar-refractivity contribution in [2.75, 3.05) is 31.8 Å². The molecule has 1 aliphatic heterocycles. The van der Waals surface area contributed by atoms with Crippen LogP contribution >= 0.6 is 11.8 Å². The number of benzene rings is 2. The Balaban J connectivity index is 1.43. The lowest BCUT2D eigenvalue weighted by atomic mass is 9.97. The highest BCUT2D eigenvalue weighted by Crippen LogP contribution is 2.44. The van der Waals surface area contributed by atoms with E-state index in [2.05, 4.69) is 22.8 Å². The summed E-state index contributed by atoms with van der Waals surface area (Å²) in [4.78, 5) is 37.4. The van der Waals surface area contributed by atoms with Gasteiger partial charge in [-0.2, -0.15) is 11.8 Å². The molecule has 180 valence electrons. The van der Waals surface area contributed by atoms with E-state index in [0.29, 0.717) is 5.75 Å². The number of hydrogen-bond acceptors (Lipinski definition) is 6. The van der Waals surface area contributed by atoms with Crippen LogP contribution in [-0.2, 0) is 19.1 Å². The van der Waals surface area contributed by atoms with Crippen molar-refractivity contribution in [2.24, 2.45) is 0 Å². The van der Waals surface area contributed by atoms with Gasteiger partial charge in [0.05, 0.1) is 6.61 Å². The van der Waals surface area contributed by atoms with Gasteiger partial charge in [-0.15, -0.1) is 0 Å². The molecule has 2 aliphatic rings. The van der Waals surface area contributed by atoms with Crippen molar-refractivity contribution >= 4 is 29.7 Å². The number of carbonyl (C=O) groups excluding carboxylic acids is 2. The first-order chi connectivity index (χ1) is 16.4. The Hall–Kier alpha value is -3.04. The van der Waals surface area contributed by atoms with Gasteiger partial charge in [0.1, 0.15) is 18.2 Å². The van der Waals surface area contributed by atoms with E-state index in [1.807, 2.05) is 42.7 Å². The number of nitrogens with one attached hydrogen (secondary N) is 2. The molecule has 1 fully saturated rings. The summed E-state index contributed by atoms with van der Waals surface area (Å²) in [6.07, 6.45) is 1.65. The maximum Gasteiger partial charge on any atom is 0.408 e. The molecule has 1 aliphatic carbocycles. The van der Waals surface area contributed by atoms with Gasteiger partial charge in [0.2, 0.25) is 5.91 Å². The number of carboxylic acid groups (broad SMARTS) is 1. The average molecular weight is 485 g/mol. The Morgan fingerprint density at radius 1 is 1.15 bits per heavy atom. The molecule has 0 bridgehead atoms. The van der Waals surface area contributed by atoms with Crippen molar-refractivity contribution in [3.63, 3.8) is 0 Å². The summed E-state index contributed by atoms with van der Waals surface area (Å²) < 4.78 is 11.0. The number of aliphatic carboxylic acids is 1. The zero-order valence-electron chi connectivity index (χ0n) is 18.9. The standard InChI is InChI=1S/C25H28N2O6S/c1-34-13-10-21(22(28)29)26-23(30)25(11-12-32-15-25)27-24(31)33-14-20-18-8-4-2-6-16(18)17-7-3-5-9-19(17)20/h2-9,20-21H,10-15H2,1H3,(H,26,30)(H,27,31)(H,28,29)/t21-,25?/m0/s1. The van der Waals surface area contributed by atoms with Crippen LogP contribution in [-0.4, -0.2) is 66.5 Å². The van der Waals surface area contributed by atoms with Gasteiger partial charge in [-0.25, -0.2) is 9.59 Å². The number of ether oxygens (including phenoxy) is 2. The van der Waals surface area contributed by atoms with Crippen LogP contribution in [0, 0.1) is 0 Å². The van der Waals surface area contributed by atoms with Gasteiger partial charge in [-0.3, -0.25) is 4.79 Å². The number of alkyl carbamates (subject to hydrolysis) is 1. The van der Waals surface area contributed by atoms with E-state index >= 15 is 0 Å². The van der Waals surface area contributed by atoms with Crippen LogP contribution in [0.2, 0.25) is 0 Å². The SMILES string of the molecule is CSCC[C@H](NC(=O)C1(NC(=O)OCC2c3ccccc3-c3ccccc32)CCOC1)C(=O)O. The van der Waals surface area contributed by atoms with Crippen molar-refractivity contribution in [3.8, 4) is 11.1 Å². The van der Waals surface area contributed by atoms with E-state index in [9.17, 15) is 19.5 Å². The van der Waals surface area contributed by atoms with Gasteiger partial charge in [-0.05, 0) is 40.7 Å². The topological polar surface area (TPSA) is 114 Å². The van der Waals surface area contributed by atoms with E-state index in [1.54, 1.807) is 0 Å². The summed E-state index contributed by atoms with van der Waals surface area (Å²) in [5, 5.41) is 14.7. The Labute approximate surface area is 202 Å². The molecule has 0 spiro atoms. The van der Waals surface area contributed by atoms with Crippen LogP contribution in [0.25, 0.3) is 11.1 Å². The molecule has 1 heterocycles. The predicted molar refractivity (Wildman–Crippen MR) is 129 cm³/mol. The number of carboxylic acids is 1. The van der Waals surface area contributed by atoms with Gasteiger partial charge in [0, 0.05) is 18.9 Å². The molecule has 3 N–H and O–H groups in total. The van der Waals surface area contributed by atoms with E-state index < -0.39 is 29.6 Å². The number of fused-ring (bicyclic) bond motifs is 3. The molecule has 34 heavy (non-hydrogen) atoms. The van der Waals surface area contributed by atoms with Crippen molar-refractivity contribution < 1.29 is 29.0 Å². The minimum absolute atomic E-state index is 0.0438. The molecular formula is C25H28N2O6S. The highest BCUT2D eigenvalue weighted by atomic mass is 32.2. The Morgan fingerprint density at radius 3 is 2.35 bits per heavy atom. The predicted octanol–water partition coefficient (Wildman–Crippen LogP) is 3.01. The maximum atomic E-state index is 13.0. The second kappa shape index (κ2) is 10.5. The van der Waals surface area contributed by atoms with E-state index in [4.69, 9.17) is 9.47 Å². The second-order valence-corrected chi connectivity index (χ2v) is 9.47. The lowest BCUT2D eigenvalue weighted by Crippen LogP contribution is -2.62. The summed E-state index contributed by atoms with van der Waals surface area (Å²) in [6, 6.07) is 15.0. The summed E-state index contributed by atoms with van der Waals surface area (Å²) >= 11 is 1.50. The Kier molecular flexibility index (Phi) is 7.43. The zero-order chi connectivity index (χ0) is 24.1. The van der Waals surface area contributed by atoms with Crippen LogP contribution in [0.4, 0.5) is 4.79 Å². The van der Waals surface area contributed by atoms with Crippen molar-refractivity contribution in [1.82, 2.24) is 10.6 Å². The number of hydrogen-bond donors (Lipinski definition) is 3. The van der Waals surface area contributed by atoms with Gasteiger partial charge in [-0.1, -0.05) is 48.5 Å². The fourth-order valence-electron chi connectivity index (χ4n) is 4.52. The highest BCUT2D eigenvalue weighted by molar-refractivity contribution is 7.98. The summed E-state index contributed by atoms with van der Waals surface area (Å²) in [6.45, 7) is 0.349. The van der Waals surface area contributed by atoms with Gasteiger partial charge < -0.3 is 25.2 Å². The third-order valence-corrected chi connectivity index (χ3v) is 7.00. The molecule has 4 rings (SSSR count). The second-order valence-electron chi connectivity index (χ2n) is 8.48. The van der Waals surface area contributed by atoms with Crippen LogP contribution in [0.3, 0.4) is 0 Å². The average Bonchev–Trinajstić information content (AvgIpc) is 3.43. The van der Waals surface area contributed by atoms with Gasteiger partial charge in [0.15, 0.2) is 0 Å². The zero-order valence-corrected chi connectivity index (χ0v) is 19.7. The fourth-order valence-corrected chi connectivity index (χ4v) is 4.99. The fraction of sp³-hybridized carbons (Fsp3) is 0.400. The third-order valence-electron chi connectivity index (χ3n) is 6.36. The monoisotopic (exact) mass is 484 g/mol. The largest absolute Gasteiger partial charge is 0.480 e. The molecule has 2 amide bonds. The molecule has 1 unspecified atom stereocenters. The number of rotatable bonds is 9. The molecular weight excluding hydrogens is 456 g/mol. The van der Waals surface area contributed by atoms with Crippen molar-refractivity contribution in [3.05, 3.63) is 59.7 Å². The quantitative estimate of drug-likeness (QED) is 0.501. The lowest BCUT2D eigenvalue weighted by Gasteiger charge is -2.29.